The number of hydrogen-bond donors (Lipinski definition) is 2. The number of nitrogens with one attached hydrogen (secondary N) is 2. The lowest BCUT2D eigenvalue weighted by Crippen LogP contribution is -2.54. The number of carbonyl (C=O) groups is 2. The Bertz CT molecular complexity index is 680. The molecule has 4 aliphatic rings. The van der Waals surface area contributed by atoms with Crippen LogP contribution in [0.15, 0.2) is 18.2 Å². The Hall–Kier alpha value is -1.55. The zero-order valence-corrected chi connectivity index (χ0v) is 15.4. The molecule has 5 heteroatoms. The predicted molar refractivity (Wildman–Crippen MR) is 98.4 cm³/mol. The van der Waals surface area contributed by atoms with Gasteiger partial charge in [-0.1, -0.05) is 17.7 Å². The first-order chi connectivity index (χ1) is 11.9. The molecule has 134 valence electrons. The first-order valence-corrected chi connectivity index (χ1v) is 9.66. The van der Waals surface area contributed by atoms with Gasteiger partial charge in [-0.05, 0) is 80.9 Å². The van der Waals surface area contributed by atoms with E-state index in [2.05, 4.69) is 10.6 Å². The van der Waals surface area contributed by atoms with Crippen molar-refractivity contribution in [3.63, 3.8) is 0 Å². The Balaban J connectivity index is 1.34. The molecule has 2 amide bonds. The summed E-state index contributed by atoms with van der Waals surface area (Å²) < 4.78 is 0. The highest BCUT2D eigenvalue weighted by Gasteiger charge is 2.54. The summed E-state index contributed by atoms with van der Waals surface area (Å²) >= 11 is 6.08. The molecule has 4 fully saturated rings. The van der Waals surface area contributed by atoms with Crippen LogP contribution in [0.4, 0.5) is 5.69 Å². The molecule has 0 saturated heterocycles. The third-order valence-corrected chi connectivity index (χ3v) is 6.79. The van der Waals surface area contributed by atoms with E-state index in [0.29, 0.717) is 10.7 Å². The number of benzene rings is 1. The van der Waals surface area contributed by atoms with Gasteiger partial charge in [-0.15, -0.1) is 0 Å². The lowest BCUT2D eigenvalue weighted by atomic mass is 9.49. The fourth-order valence-corrected chi connectivity index (χ4v) is 5.79. The van der Waals surface area contributed by atoms with Gasteiger partial charge in [0, 0.05) is 16.1 Å². The standard InChI is InChI=1S/C20H25ClN2O2/c1-12-2-3-16(7-17(12)21)23-18(24)11-22-19(25)20-8-13-4-14(9-20)6-15(5-13)10-20/h2-3,7,13-15H,4-6,8-11H2,1H3,(H,22,25)(H,23,24). The van der Waals surface area contributed by atoms with E-state index in [4.69, 9.17) is 11.6 Å². The van der Waals surface area contributed by atoms with Crippen LogP contribution in [-0.4, -0.2) is 18.4 Å². The molecular formula is C20H25ClN2O2. The molecule has 0 radical (unpaired) electrons. The maximum absolute atomic E-state index is 12.8. The van der Waals surface area contributed by atoms with Crippen molar-refractivity contribution in [3.8, 4) is 0 Å². The van der Waals surface area contributed by atoms with E-state index in [1.165, 1.54) is 19.3 Å². The highest BCUT2D eigenvalue weighted by molar-refractivity contribution is 6.31. The number of anilines is 1. The van der Waals surface area contributed by atoms with Crippen molar-refractivity contribution in [3.05, 3.63) is 28.8 Å². The number of rotatable bonds is 4. The zero-order valence-electron chi connectivity index (χ0n) is 14.6. The molecule has 0 aliphatic heterocycles. The van der Waals surface area contributed by atoms with Gasteiger partial charge in [0.15, 0.2) is 0 Å². The molecular weight excluding hydrogens is 336 g/mol. The van der Waals surface area contributed by atoms with Gasteiger partial charge in [0.05, 0.1) is 6.54 Å². The Morgan fingerprint density at radius 1 is 1.12 bits per heavy atom. The maximum Gasteiger partial charge on any atom is 0.243 e. The van der Waals surface area contributed by atoms with E-state index >= 15 is 0 Å². The molecule has 0 spiro atoms. The molecule has 4 bridgehead atoms. The fourth-order valence-electron chi connectivity index (χ4n) is 5.61. The van der Waals surface area contributed by atoms with Gasteiger partial charge in [-0.3, -0.25) is 9.59 Å². The molecule has 1 aromatic carbocycles. The van der Waals surface area contributed by atoms with Crippen LogP contribution < -0.4 is 10.6 Å². The lowest BCUT2D eigenvalue weighted by Gasteiger charge is -2.55. The highest BCUT2D eigenvalue weighted by Crippen LogP contribution is 2.60. The Morgan fingerprint density at radius 2 is 1.72 bits per heavy atom. The topological polar surface area (TPSA) is 58.2 Å². The molecule has 4 nitrogen and oxygen atoms in total. The molecule has 0 unspecified atom stereocenters. The van der Waals surface area contributed by atoms with Crippen LogP contribution in [0, 0.1) is 30.1 Å². The average Bonchev–Trinajstić information content (AvgIpc) is 2.55. The van der Waals surface area contributed by atoms with E-state index in [1.807, 2.05) is 19.1 Å². The molecule has 25 heavy (non-hydrogen) atoms. The second kappa shape index (κ2) is 6.31. The highest BCUT2D eigenvalue weighted by atomic mass is 35.5. The SMILES string of the molecule is Cc1ccc(NC(=O)CNC(=O)C23CC4CC(CC(C4)C2)C3)cc1Cl. The van der Waals surface area contributed by atoms with Crippen LogP contribution in [0.5, 0.6) is 0 Å². The number of carbonyl (C=O) groups excluding carboxylic acids is 2. The van der Waals surface area contributed by atoms with E-state index in [1.54, 1.807) is 6.07 Å². The normalized spacial score (nSPS) is 32.5. The van der Waals surface area contributed by atoms with E-state index < -0.39 is 0 Å². The maximum atomic E-state index is 12.8. The summed E-state index contributed by atoms with van der Waals surface area (Å²) in [4.78, 5) is 25.0. The van der Waals surface area contributed by atoms with Crippen LogP contribution in [0.1, 0.15) is 44.1 Å². The minimum atomic E-state index is -0.210. The molecule has 0 atom stereocenters. The monoisotopic (exact) mass is 360 g/mol. The van der Waals surface area contributed by atoms with Crippen LogP contribution in [0.25, 0.3) is 0 Å². The third-order valence-electron chi connectivity index (χ3n) is 6.39. The number of hydrogen-bond acceptors (Lipinski definition) is 2. The Kier molecular flexibility index (Phi) is 4.27. The van der Waals surface area contributed by atoms with Crippen LogP contribution in [-0.2, 0) is 9.59 Å². The van der Waals surface area contributed by atoms with E-state index in [0.717, 1.165) is 42.6 Å². The quantitative estimate of drug-likeness (QED) is 0.855. The van der Waals surface area contributed by atoms with Gasteiger partial charge in [-0.2, -0.15) is 0 Å². The largest absolute Gasteiger partial charge is 0.347 e. The van der Waals surface area contributed by atoms with E-state index in [9.17, 15) is 9.59 Å². The number of aryl methyl sites for hydroxylation is 1. The summed E-state index contributed by atoms with van der Waals surface area (Å²) in [6.07, 6.45) is 6.96. The summed E-state index contributed by atoms with van der Waals surface area (Å²) in [5, 5.41) is 6.32. The Labute approximate surface area is 153 Å². The number of amides is 2. The van der Waals surface area contributed by atoms with Crippen molar-refractivity contribution in [2.75, 3.05) is 11.9 Å². The van der Waals surface area contributed by atoms with Crippen LogP contribution >= 0.6 is 11.6 Å². The van der Waals surface area contributed by atoms with Crippen LogP contribution in [0.3, 0.4) is 0 Å². The van der Waals surface area contributed by atoms with E-state index in [-0.39, 0.29) is 23.8 Å². The van der Waals surface area contributed by atoms with Crippen molar-refractivity contribution in [1.29, 1.82) is 0 Å². The van der Waals surface area contributed by atoms with Crippen molar-refractivity contribution >= 4 is 29.1 Å². The van der Waals surface area contributed by atoms with Gasteiger partial charge >= 0.3 is 0 Å². The molecule has 5 rings (SSSR count). The van der Waals surface area contributed by atoms with Gasteiger partial charge in [-0.25, -0.2) is 0 Å². The summed E-state index contributed by atoms with van der Waals surface area (Å²) in [5.74, 6) is 2.04. The molecule has 0 heterocycles. The average molecular weight is 361 g/mol. The smallest absolute Gasteiger partial charge is 0.243 e. The lowest BCUT2D eigenvalue weighted by molar-refractivity contribution is -0.146. The predicted octanol–water partition coefficient (Wildman–Crippen LogP) is 3.92. The summed E-state index contributed by atoms with van der Waals surface area (Å²) in [7, 11) is 0. The van der Waals surface area contributed by atoms with Crippen molar-refractivity contribution in [2.45, 2.75) is 45.4 Å². The molecule has 4 aliphatic carbocycles. The van der Waals surface area contributed by atoms with Gasteiger partial charge in [0.25, 0.3) is 0 Å². The van der Waals surface area contributed by atoms with Crippen molar-refractivity contribution < 1.29 is 9.59 Å². The van der Waals surface area contributed by atoms with Gasteiger partial charge in [0.2, 0.25) is 11.8 Å². The summed E-state index contributed by atoms with van der Waals surface area (Å²) in [5.41, 5.74) is 1.42. The van der Waals surface area contributed by atoms with Gasteiger partial charge in [0.1, 0.15) is 0 Å². The second-order valence-electron chi connectivity index (χ2n) is 8.39. The molecule has 0 aromatic heterocycles. The summed E-state index contributed by atoms with van der Waals surface area (Å²) in [6.45, 7) is 1.94. The minimum Gasteiger partial charge on any atom is -0.347 e. The Morgan fingerprint density at radius 3 is 2.28 bits per heavy atom. The van der Waals surface area contributed by atoms with Gasteiger partial charge < -0.3 is 10.6 Å². The first-order valence-electron chi connectivity index (χ1n) is 9.28. The van der Waals surface area contributed by atoms with Crippen LogP contribution in [0.2, 0.25) is 5.02 Å². The zero-order chi connectivity index (χ0) is 17.6. The minimum absolute atomic E-state index is 0.0199. The number of halogens is 1. The van der Waals surface area contributed by atoms with Crippen molar-refractivity contribution in [2.24, 2.45) is 23.2 Å². The molecule has 1 aromatic rings. The third kappa shape index (κ3) is 3.29. The summed E-state index contributed by atoms with van der Waals surface area (Å²) in [6, 6.07) is 5.42. The fraction of sp³-hybridized carbons (Fsp3) is 0.600. The second-order valence-corrected chi connectivity index (χ2v) is 8.80. The molecule has 4 saturated carbocycles. The molecule has 2 N–H and O–H groups in total. The first kappa shape index (κ1) is 16.9. The van der Waals surface area contributed by atoms with Crippen molar-refractivity contribution in [1.82, 2.24) is 5.32 Å².